The van der Waals surface area contributed by atoms with Crippen LogP contribution in [0.5, 0.6) is 0 Å². The van der Waals surface area contributed by atoms with E-state index in [1.54, 1.807) is 0 Å². The van der Waals surface area contributed by atoms with Gasteiger partial charge in [0.05, 0.1) is 6.04 Å². The van der Waals surface area contributed by atoms with E-state index in [1.165, 1.54) is 5.56 Å². The topological polar surface area (TPSA) is 42.7 Å². The van der Waals surface area contributed by atoms with Gasteiger partial charge in [0.15, 0.2) is 0 Å². The van der Waals surface area contributed by atoms with Crippen molar-refractivity contribution in [2.75, 3.05) is 5.32 Å². The Bertz CT molecular complexity index is 461. The molecular formula is C13H18N4. The van der Waals surface area contributed by atoms with Crippen LogP contribution in [0.25, 0.3) is 0 Å². The number of aromatic nitrogens is 3. The minimum atomic E-state index is 0.252. The molecule has 0 amide bonds. The van der Waals surface area contributed by atoms with Gasteiger partial charge in [-0.05, 0) is 38.5 Å². The van der Waals surface area contributed by atoms with Gasteiger partial charge in [0.2, 0.25) is 5.95 Å². The average Bonchev–Trinajstić information content (AvgIpc) is 2.76. The Morgan fingerprint density at radius 2 is 1.82 bits per heavy atom. The fourth-order valence-electron chi connectivity index (χ4n) is 1.80. The SMILES string of the molecule is CC(C)Nc1nccn1C(C)c1ccncc1. The lowest BCUT2D eigenvalue weighted by Gasteiger charge is -2.18. The van der Waals surface area contributed by atoms with Gasteiger partial charge in [-0.1, -0.05) is 0 Å². The summed E-state index contributed by atoms with van der Waals surface area (Å²) in [4.78, 5) is 8.38. The zero-order valence-electron chi connectivity index (χ0n) is 10.5. The number of hydrogen-bond donors (Lipinski definition) is 1. The second-order valence-corrected chi connectivity index (χ2v) is 4.41. The molecule has 0 saturated heterocycles. The van der Waals surface area contributed by atoms with Crippen LogP contribution in [-0.2, 0) is 0 Å². The Labute approximate surface area is 102 Å². The molecule has 1 N–H and O–H groups in total. The Kier molecular flexibility index (Phi) is 3.42. The van der Waals surface area contributed by atoms with Crippen LogP contribution in [0.4, 0.5) is 5.95 Å². The zero-order valence-corrected chi connectivity index (χ0v) is 10.5. The van der Waals surface area contributed by atoms with E-state index in [4.69, 9.17) is 0 Å². The molecule has 4 heteroatoms. The molecule has 1 unspecified atom stereocenters. The Hall–Kier alpha value is -1.84. The molecule has 0 aliphatic heterocycles. The molecule has 4 nitrogen and oxygen atoms in total. The predicted octanol–water partition coefficient (Wildman–Crippen LogP) is 2.71. The van der Waals surface area contributed by atoms with Gasteiger partial charge in [-0.15, -0.1) is 0 Å². The highest BCUT2D eigenvalue weighted by molar-refractivity contribution is 5.30. The van der Waals surface area contributed by atoms with Gasteiger partial charge in [-0.3, -0.25) is 4.98 Å². The molecule has 0 saturated carbocycles. The van der Waals surface area contributed by atoms with Gasteiger partial charge < -0.3 is 9.88 Å². The van der Waals surface area contributed by atoms with E-state index in [9.17, 15) is 0 Å². The third kappa shape index (κ3) is 2.64. The first-order valence-electron chi connectivity index (χ1n) is 5.87. The quantitative estimate of drug-likeness (QED) is 0.878. The van der Waals surface area contributed by atoms with Crippen molar-refractivity contribution in [1.29, 1.82) is 0 Å². The van der Waals surface area contributed by atoms with Crippen LogP contribution < -0.4 is 5.32 Å². The standard InChI is InChI=1S/C13H18N4/c1-10(2)16-13-15-8-9-17(13)11(3)12-4-6-14-7-5-12/h4-11H,1-3H3,(H,15,16). The van der Waals surface area contributed by atoms with Gasteiger partial charge in [-0.2, -0.15) is 0 Å². The predicted molar refractivity (Wildman–Crippen MR) is 69.0 cm³/mol. The largest absolute Gasteiger partial charge is 0.353 e. The van der Waals surface area contributed by atoms with E-state index < -0.39 is 0 Å². The van der Waals surface area contributed by atoms with Crippen molar-refractivity contribution in [2.24, 2.45) is 0 Å². The lowest BCUT2D eigenvalue weighted by molar-refractivity contribution is 0.637. The third-order valence-corrected chi connectivity index (χ3v) is 2.69. The zero-order chi connectivity index (χ0) is 12.3. The Morgan fingerprint density at radius 3 is 2.47 bits per heavy atom. The van der Waals surface area contributed by atoms with Crippen LogP contribution in [0, 0.1) is 0 Å². The minimum Gasteiger partial charge on any atom is -0.353 e. The molecule has 2 aromatic heterocycles. The number of pyridine rings is 1. The van der Waals surface area contributed by atoms with Gasteiger partial charge in [-0.25, -0.2) is 4.98 Å². The van der Waals surface area contributed by atoms with Crippen molar-refractivity contribution in [3.63, 3.8) is 0 Å². The smallest absolute Gasteiger partial charge is 0.203 e. The summed E-state index contributed by atoms with van der Waals surface area (Å²) in [7, 11) is 0. The normalized spacial score (nSPS) is 12.7. The molecule has 2 rings (SSSR count). The lowest BCUT2D eigenvalue weighted by Crippen LogP contribution is -2.16. The molecule has 0 bridgehead atoms. The molecule has 17 heavy (non-hydrogen) atoms. The molecule has 0 fully saturated rings. The molecule has 2 heterocycles. The lowest BCUT2D eigenvalue weighted by atomic mass is 10.1. The fraction of sp³-hybridized carbons (Fsp3) is 0.385. The monoisotopic (exact) mass is 230 g/mol. The fourth-order valence-corrected chi connectivity index (χ4v) is 1.80. The highest BCUT2D eigenvalue weighted by Crippen LogP contribution is 2.21. The first-order valence-corrected chi connectivity index (χ1v) is 5.87. The van der Waals surface area contributed by atoms with Crippen LogP contribution in [0.1, 0.15) is 32.4 Å². The first kappa shape index (κ1) is 11.6. The molecule has 1 atom stereocenters. The number of nitrogens with one attached hydrogen (secondary N) is 1. The maximum absolute atomic E-state index is 4.34. The van der Waals surface area contributed by atoms with E-state index in [0.29, 0.717) is 6.04 Å². The van der Waals surface area contributed by atoms with E-state index in [1.807, 2.05) is 36.9 Å². The van der Waals surface area contributed by atoms with Crippen molar-refractivity contribution in [3.05, 3.63) is 42.5 Å². The minimum absolute atomic E-state index is 0.252. The van der Waals surface area contributed by atoms with Crippen molar-refractivity contribution < 1.29 is 0 Å². The summed E-state index contributed by atoms with van der Waals surface area (Å²) in [5, 5.41) is 3.34. The van der Waals surface area contributed by atoms with Crippen molar-refractivity contribution in [1.82, 2.24) is 14.5 Å². The summed E-state index contributed by atoms with van der Waals surface area (Å²) >= 11 is 0. The van der Waals surface area contributed by atoms with Gasteiger partial charge in [0.25, 0.3) is 0 Å². The summed E-state index contributed by atoms with van der Waals surface area (Å²) in [5.74, 6) is 0.907. The van der Waals surface area contributed by atoms with E-state index in [2.05, 4.69) is 40.6 Å². The Morgan fingerprint density at radius 1 is 1.12 bits per heavy atom. The maximum Gasteiger partial charge on any atom is 0.203 e. The first-order chi connectivity index (χ1) is 8.18. The van der Waals surface area contributed by atoms with E-state index in [-0.39, 0.29) is 6.04 Å². The average molecular weight is 230 g/mol. The maximum atomic E-state index is 4.34. The Balaban J connectivity index is 2.25. The highest BCUT2D eigenvalue weighted by Gasteiger charge is 2.12. The summed E-state index contributed by atoms with van der Waals surface area (Å²) in [6.45, 7) is 6.37. The van der Waals surface area contributed by atoms with Gasteiger partial charge in [0.1, 0.15) is 0 Å². The van der Waals surface area contributed by atoms with Gasteiger partial charge in [0, 0.05) is 30.8 Å². The molecule has 90 valence electrons. The van der Waals surface area contributed by atoms with E-state index >= 15 is 0 Å². The number of nitrogens with zero attached hydrogens (tertiary/aromatic N) is 3. The van der Waals surface area contributed by atoms with Crippen LogP contribution in [-0.4, -0.2) is 20.6 Å². The second kappa shape index (κ2) is 4.99. The summed E-state index contributed by atoms with van der Waals surface area (Å²) < 4.78 is 2.13. The molecule has 0 spiro atoms. The molecular weight excluding hydrogens is 212 g/mol. The van der Waals surface area contributed by atoms with Crippen molar-refractivity contribution >= 4 is 5.95 Å². The molecule has 2 aromatic rings. The van der Waals surface area contributed by atoms with Gasteiger partial charge >= 0.3 is 0 Å². The summed E-state index contributed by atoms with van der Waals surface area (Å²) in [5.41, 5.74) is 1.23. The van der Waals surface area contributed by atoms with E-state index in [0.717, 1.165) is 5.95 Å². The van der Waals surface area contributed by atoms with Crippen LogP contribution in [0.15, 0.2) is 36.9 Å². The molecule has 0 aliphatic carbocycles. The van der Waals surface area contributed by atoms with Crippen LogP contribution in [0.3, 0.4) is 0 Å². The van der Waals surface area contributed by atoms with Crippen LogP contribution >= 0.6 is 0 Å². The third-order valence-electron chi connectivity index (χ3n) is 2.69. The summed E-state index contributed by atoms with van der Waals surface area (Å²) in [6.07, 6.45) is 7.45. The van der Waals surface area contributed by atoms with Crippen molar-refractivity contribution in [2.45, 2.75) is 32.9 Å². The second-order valence-electron chi connectivity index (χ2n) is 4.41. The van der Waals surface area contributed by atoms with Crippen molar-refractivity contribution in [3.8, 4) is 0 Å². The molecule has 0 aromatic carbocycles. The number of anilines is 1. The van der Waals surface area contributed by atoms with Crippen LogP contribution in [0.2, 0.25) is 0 Å². The summed E-state index contributed by atoms with van der Waals surface area (Å²) in [6, 6.07) is 4.69. The number of rotatable bonds is 4. The number of hydrogen-bond acceptors (Lipinski definition) is 3. The molecule has 0 radical (unpaired) electrons. The number of imidazole rings is 1. The highest BCUT2D eigenvalue weighted by atomic mass is 15.2. The molecule has 0 aliphatic rings.